The molecule has 0 aliphatic heterocycles. The summed E-state index contributed by atoms with van der Waals surface area (Å²) in [6.07, 6.45) is 2.87. The second-order valence-corrected chi connectivity index (χ2v) is 7.46. The monoisotopic (exact) mass is 352 g/mol. The minimum Gasteiger partial charge on any atom is -0.373 e. The number of ether oxygens (including phenoxy) is 1. The predicted octanol–water partition coefficient (Wildman–Crippen LogP) is 2.75. The molecule has 1 unspecified atom stereocenters. The Morgan fingerprint density at radius 1 is 1.38 bits per heavy atom. The maximum Gasteiger partial charge on any atom is 0.217 e. The molecule has 1 heterocycles. The fourth-order valence-corrected chi connectivity index (χ4v) is 4.16. The first-order valence-electron chi connectivity index (χ1n) is 8.72. The van der Waals surface area contributed by atoms with Crippen LogP contribution in [0.2, 0.25) is 0 Å². The molecular formula is C18H28N2O3S. The molecule has 6 heteroatoms. The first-order valence-corrected chi connectivity index (χ1v) is 9.60. The van der Waals surface area contributed by atoms with Crippen molar-refractivity contribution in [3.8, 4) is 0 Å². The second kappa shape index (κ2) is 8.74. The number of Topliss-reactive ketones (excluding diaryl/α,β-unsaturated/α-hetero) is 1. The SMILES string of the molecule is CCC(CC)O[C@@H]1CC(C(=O)c2cccs2)C[C@H](N)[C@H]1NC(C)=O. The van der Waals surface area contributed by atoms with Gasteiger partial charge in [0.25, 0.3) is 0 Å². The molecule has 0 radical (unpaired) electrons. The average Bonchev–Trinajstić information content (AvgIpc) is 3.08. The van der Waals surface area contributed by atoms with E-state index >= 15 is 0 Å². The highest BCUT2D eigenvalue weighted by atomic mass is 32.1. The van der Waals surface area contributed by atoms with Crippen LogP contribution in [0.1, 0.15) is 56.1 Å². The van der Waals surface area contributed by atoms with Gasteiger partial charge in [0.1, 0.15) is 0 Å². The number of hydrogen-bond acceptors (Lipinski definition) is 5. The Morgan fingerprint density at radius 3 is 2.62 bits per heavy atom. The van der Waals surface area contributed by atoms with Gasteiger partial charge in [0.15, 0.2) is 5.78 Å². The van der Waals surface area contributed by atoms with Crippen LogP contribution in [0.5, 0.6) is 0 Å². The average molecular weight is 353 g/mol. The van der Waals surface area contributed by atoms with E-state index in [9.17, 15) is 9.59 Å². The lowest BCUT2D eigenvalue weighted by atomic mass is 9.78. The zero-order chi connectivity index (χ0) is 17.7. The number of carbonyl (C=O) groups excluding carboxylic acids is 2. The number of thiophene rings is 1. The standard InChI is InChI=1S/C18H28N2O3S/c1-4-13(5-2)23-15-10-12(18(22)16-7-6-8-24-16)9-14(19)17(15)20-11(3)21/h6-8,12-15,17H,4-5,9-10,19H2,1-3H3,(H,20,21)/t12?,14-,15+,17+/m0/s1. The summed E-state index contributed by atoms with van der Waals surface area (Å²) in [6.45, 7) is 5.65. The van der Waals surface area contributed by atoms with E-state index in [0.29, 0.717) is 12.8 Å². The minimum absolute atomic E-state index is 0.114. The number of amides is 1. The zero-order valence-corrected chi connectivity index (χ0v) is 15.5. The maximum absolute atomic E-state index is 12.7. The van der Waals surface area contributed by atoms with Crippen molar-refractivity contribution in [2.75, 3.05) is 0 Å². The number of rotatable bonds is 7. The van der Waals surface area contributed by atoms with Crippen LogP contribution in [0.15, 0.2) is 17.5 Å². The quantitative estimate of drug-likeness (QED) is 0.739. The summed E-state index contributed by atoms with van der Waals surface area (Å²) in [4.78, 5) is 25.0. The van der Waals surface area contributed by atoms with Gasteiger partial charge in [-0.2, -0.15) is 0 Å². The van der Waals surface area contributed by atoms with E-state index in [-0.39, 0.29) is 41.9 Å². The van der Waals surface area contributed by atoms with E-state index in [4.69, 9.17) is 10.5 Å². The van der Waals surface area contributed by atoms with Crippen LogP contribution in [-0.4, -0.2) is 36.0 Å². The van der Waals surface area contributed by atoms with Gasteiger partial charge in [-0.15, -0.1) is 11.3 Å². The predicted molar refractivity (Wildman–Crippen MR) is 96.2 cm³/mol. The summed E-state index contributed by atoms with van der Waals surface area (Å²) in [5, 5.41) is 4.84. The Labute approximate surface area is 148 Å². The highest BCUT2D eigenvalue weighted by Crippen LogP contribution is 2.31. The van der Waals surface area contributed by atoms with Crippen LogP contribution in [0.4, 0.5) is 0 Å². The van der Waals surface area contributed by atoms with Gasteiger partial charge >= 0.3 is 0 Å². The van der Waals surface area contributed by atoms with E-state index in [1.165, 1.54) is 18.3 Å². The van der Waals surface area contributed by atoms with Crippen LogP contribution >= 0.6 is 11.3 Å². The zero-order valence-electron chi connectivity index (χ0n) is 14.7. The molecule has 0 aromatic carbocycles. The molecule has 4 atom stereocenters. The molecule has 1 aliphatic rings. The summed E-state index contributed by atoms with van der Waals surface area (Å²) in [5.41, 5.74) is 6.31. The third-order valence-corrected chi connectivity index (χ3v) is 5.60. The van der Waals surface area contributed by atoms with Crippen LogP contribution < -0.4 is 11.1 Å². The molecule has 1 aromatic heterocycles. The van der Waals surface area contributed by atoms with Crippen LogP contribution in [0.25, 0.3) is 0 Å². The molecule has 0 saturated heterocycles. The van der Waals surface area contributed by atoms with Crippen molar-refractivity contribution in [2.24, 2.45) is 11.7 Å². The summed E-state index contributed by atoms with van der Waals surface area (Å²) < 4.78 is 6.23. The second-order valence-electron chi connectivity index (χ2n) is 6.51. The first-order chi connectivity index (χ1) is 11.5. The Balaban J connectivity index is 2.16. The topological polar surface area (TPSA) is 81.4 Å². The highest BCUT2D eigenvalue weighted by molar-refractivity contribution is 7.12. The Hall–Kier alpha value is -1.24. The van der Waals surface area contributed by atoms with E-state index < -0.39 is 0 Å². The summed E-state index contributed by atoms with van der Waals surface area (Å²) in [6, 6.07) is 3.22. The molecule has 0 spiro atoms. The third-order valence-electron chi connectivity index (χ3n) is 4.72. The number of ketones is 1. The fraction of sp³-hybridized carbons (Fsp3) is 0.667. The number of nitrogens with one attached hydrogen (secondary N) is 1. The van der Waals surface area contributed by atoms with Gasteiger partial charge in [-0.1, -0.05) is 19.9 Å². The van der Waals surface area contributed by atoms with Gasteiger partial charge in [0, 0.05) is 18.9 Å². The molecule has 1 saturated carbocycles. The van der Waals surface area contributed by atoms with Crippen molar-refractivity contribution < 1.29 is 14.3 Å². The first kappa shape index (κ1) is 19.1. The lowest BCUT2D eigenvalue weighted by Crippen LogP contribution is -2.59. The molecule has 24 heavy (non-hydrogen) atoms. The van der Waals surface area contributed by atoms with Crippen LogP contribution in [-0.2, 0) is 9.53 Å². The number of nitrogens with two attached hydrogens (primary N) is 1. The minimum atomic E-state index is -0.282. The summed E-state index contributed by atoms with van der Waals surface area (Å²) in [7, 11) is 0. The van der Waals surface area contributed by atoms with Crippen molar-refractivity contribution in [3.05, 3.63) is 22.4 Å². The molecular weight excluding hydrogens is 324 g/mol. The summed E-state index contributed by atoms with van der Waals surface area (Å²) >= 11 is 1.46. The smallest absolute Gasteiger partial charge is 0.217 e. The van der Waals surface area contributed by atoms with Gasteiger partial charge in [-0.05, 0) is 37.1 Å². The van der Waals surface area contributed by atoms with Crippen molar-refractivity contribution >= 4 is 23.0 Å². The lowest BCUT2D eigenvalue weighted by molar-refractivity contribution is -0.123. The lowest BCUT2D eigenvalue weighted by Gasteiger charge is -2.41. The van der Waals surface area contributed by atoms with Gasteiger partial charge in [0.2, 0.25) is 5.91 Å². The van der Waals surface area contributed by atoms with E-state index in [1.807, 2.05) is 17.5 Å². The van der Waals surface area contributed by atoms with Crippen molar-refractivity contribution in [1.29, 1.82) is 0 Å². The largest absolute Gasteiger partial charge is 0.373 e. The number of carbonyl (C=O) groups is 2. The Morgan fingerprint density at radius 2 is 2.08 bits per heavy atom. The van der Waals surface area contributed by atoms with Gasteiger partial charge in [-0.3, -0.25) is 9.59 Å². The Bertz CT molecular complexity index is 542. The molecule has 2 rings (SSSR count). The van der Waals surface area contributed by atoms with E-state index in [1.54, 1.807) is 0 Å². The Kier molecular flexibility index (Phi) is 6.95. The van der Waals surface area contributed by atoms with Crippen molar-refractivity contribution in [1.82, 2.24) is 5.32 Å². The normalized spacial score (nSPS) is 27.2. The van der Waals surface area contributed by atoms with Gasteiger partial charge in [-0.25, -0.2) is 0 Å². The molecule has 1 amide bonds. The third kappa shape index (κ3) is 4.65. The molecule has 5 nitrogen and oxygen atoms in total. The molecule has 1 fully saturated rings. The highest BCUT2D eigenvalue weighted by Gasteiger charge is 2.41. The number of hydrogen-bond donors (Lipinski definition) is 2. The molecule has 1 aromatic rings. The van der Waals surface area contributed by atoms with Crippen molar-refractivity contribution in [3.63, 3.8) is 0 Å². The van der Waals surface area contributed by atoms with Crippen LogP contribution in [0, 0.1) is 5.92 Å². The molecule has 3 N–H and O–H groups in total. The van der Waals surface area contributed by atoms with Crippen molar-refractivity contribution in [2.45, 2.75) is 70.7 Å². The van der Waals surface area contributed by atoms with Gasteiger partial charge in [0.05, 0.1) is 23.1 Å². The fourth-order valence-electron chi connectivity index (χ4n) is 3.41. The van der Waals surface area contributed by atoms with E-state index in [2.05, 4.69) is 19.2 Å². The molecule has 0 bridgehead atoms. The van der Waals surface area contributed by atoms with Gasteiger partial charge < -0.3 is 15.8 Å². The summed E-state index contributed by atoms with van der Waals surface area (Å²) in [5.74, 6) is -0.125. The molecule has 134 valence electrons. The van der Waals surface area contributed by atoms with Crippen LogP contribution in [0.3, 0.4) is 0 Å². The molecule has 1 aliphatic carbocycles. The maximum atomic E-state index is 12.7. The van der Waals surface area contributed by atoms with E-state index in [0.717, 1.165) is 17.7 Å².